The van der Waals surface area contributed by atoms with Crippen LogP contribution in [-0.4, -0.2) is 18.8 Å². The van der Waals surface area contributed by atoms with Crippen molar-refractivity contribution in [2.75, 3.05) is 12.9 Å². The lowest BCUT2D eigenvalue weighted by molar-refractivity contribution is -0.119. The molecule has 0 saturated carbocycles. The predicted molar refractivity (Wildman–Crippen MR) is 104 cm³/mol. The Hall–Kier alpha value is -1.72. The van der Waals surface area contributed by atoms with Crippen molar-refractivity contribution in [3.05, 3.63) is 63.9 Å². The first-order valence-electron chi connectivity index (χ1n) is 8.54. The molecule has 138 valence electrons. The molecular weight excluding hydrogens is 373 g/mol. The molecule has 0 saturated heterocycles. The monoisotopic (exact) mass is 393 g/mol. The van der Waals surface area contributed by atoms with E-state index in [9.17, 15) is 9.18 Å². The first-order chi connectivity index (χ1) is 12.6. The Morgan fingerprint density at radius 3 is 2.96 bits per heavy atom. The Kier molecular flexibility index (Phi) is 6.43. The van der Waals surface area contributed by atoms with E-state index in [4.69, 9.17) is 16.3 Å². The Balaban J connectivity index is 1.54. The Bertz CT molecular complexity index is 799. The fourth-order valence-electron chi connectivity index (χ4n) is 3.20. The standard InChI is InChI=1S/C20H21ClFNO2S/c1-25-16-7-8-17-13(9-16)3-2-4-19(17)23-20(24)12-26-11-14-5-6-15(21)10-18(14)22/h5-10,19H,2-4,11-12H2,1H3,(H,23,24)/t19-/m1/s1. The van der Waals surface area contributed by atoms with Crippen LogP contribution in [0.1, 0.15) is 35.6 Å². The summed E-state index contributed by atoms with van der Waals surface area (Å²) in [6.07, 6.45) is 2.97. The number of benzene rings is 2. The van der Waals surface area contributed by atoms with Crippen LogP contribution in [0.3, 0.4) is 0 Å². The second-order valence-corrected chi connectivity index (χ2v) is 7.73. The van der Waals surface area contributed by atoms with Gasteiger partial charge in [-0.15, -0.1) is 11.8 Å². The zero-order valence-electron chi connectivity index (χ0n) is 14.6. The third-order valence-electron chi connectivity index (χ3n) is 4.51. The lowest BCUT2D eigenvalue weighted by Crippen LogP contribution is -2.32. The van der Waals surface area contributed by atoms with Crippen LogP contribution in [0.15, 0.2) is 36.4 Å². The van der Waals surface area contributed by atoms with Crippen molar-refractivity contribution in [3.63, 3.8) is 0 Å². The normalized spacial score (nSPS) is 16.0. The number of ether oxygens (including phenoxy) is 1. The highest BCUT2D eigenvalue weighted by molar-refractivity contribution is 7.99. The molecule has 0 spiro atoms. The van der Waals surface area contributed by atoms with Crippen LogP contribution in [0.25, 0.3) is 0 Å². The van der Waals surface area contributed by atoms with Crippen LogP contribution >= 0.6 is 23.4 Å². The number of thioether (sulfide) groups is 1. The average Bonchev–Trinajstić information content (AvgIpc) is 2.63. The maximum atomic E-state index is 13.8. The van der Waals surface area contributed by atoms with Gasteiger partial charge in [0.1, 0.15) is 11.6 Å². The molecule has 0 heterocycles. The molecule has 26 heavy (non-hydrogen) atoms. The average molecular weight is 394 g/mol. The van der Waals surface area contributed by atoms with Crippen molar-refractivity contribution >= 4 is 29.3 Å². The van der Waals surface area contributed by atoms with Crippen molar-refractivity contribution in [2.24, 2.45) is 0 Å². The molecule has 2 aromatic rings. The minimum atomic E-state index is -0.333. The van der Waals surface area contributed by atoms with Gasteiger partial charge in [-0.3, -0.25) is 4.79 Å². The van der Waals surface area contributed by atoms with E-state index in [0.717, 1.165) is 25.0 Å². The summed E-state index contributed by atoms with van der Waals surface area (Å²) in [6, 6.07) is 10.7. The number of carbonyl (C=O) groups excluding carboxylic acids is 1. The Morgan fingerprint density at radius 2 is 2.19 bits per heavy atom. The molecule has 0 aliphatic heterocycles. The number of aryl methyl sites for hydroxylation is 1. The van der Waals surface area contributed by atoms with Gasteiger partial charge in [0.05, 0.1) is 18.9 Å². The first kappa shape index (κ1) is 19.1. The number of halogens is 2. The fraction of sp³-hybridized carbons (Fsp3) is 0.350. The third-order valence-corrected chi connectivity index (χ3v) is 5.72. The molecule has 1 aliphatic carbocycles. The van der Waals surface area contributed by atoms with Gasteiger partial charge in [-0.2, -0.15) is 0 Å². The molecule has 3 nitrogen and oxygen atoms in total. The topological polar surface area (TPSA) is 38.3 Å². The van der Waals surface area contributed by atoms with E-state index in [-0.39, 0.29) is 17.8 Å². The molecule has 0 unspecified atom stereocenters. The number of nitrogens with one attached hydrogen (secondary N) is 1. The lowest BCUT2D eigenvalue weighted by atomic mass is 9.87. The maximum Gasteiger partial charge on any atom is 0.230 e. The van der Waals surface area contributed by atoms with Gasteiger partial charge < -0.3 is 10.1 Å². The first-order valence-corrected chi connectivity index (χ1v) is 10.1. The molecule has 0 bridgehead atoms. The maximum absolute atomic E-state index is 13.8. The Labute approximate surface area is 162 Å². The highest BCUT2D eigenvalue weighted by Crippen LogP contribution is 2.32. The van der Waals surface area contributed by atoms with Crippen LogP contribution in [0.2, 0.25) is 5.02 Å². The van der Waals surface area contributed by atoms with Gasteiger partial charge in [0.2, 0.25) is 5.91 Å². The van der Waals surface area contributed by atoms with Crippen LogP contribution in [0.5, 0.6) is 5.75 Å². The minimum Gasteiger partial charge on any atom is -0.497 e. The summed E-state index contributed by atoms with van der Waals surface area (Å²) in [5.41, 5.74) is 2.96. The molecule has 1 amide bonds. The van der Waals surface area contributed by atoms with Crippen LogP contribution in [0, 0.1) is 5.82 Å². The van der Waals surface area contributed by atoms with E-state index in [2.05, 4.69) is 5.32 Å². The van der Waals surface area contributed by atoms with E-state index >= 15 is 0 Å². The van der Waals surface area contributed by atoms with Gasteiger partial charge in [-0.05, 0) is 60.2 Å². The summed E-state index contributed by atoms with van der Waals surface area (Å²) in [5.74, 6) is 1.22. The minimum absolute atomic E-state index is 0.0296. The van der Waals surface area contributed by atoms with Gasteiger partial charge in [0.15, 0.2) is 0 Å². The lowest BCUT2D eigenvalue weighted by Gasteiger charge is -2.26. The van der Waals surface area contributed by atoms with Crippen LogP contribution < -0.4 is 10.1 Å². The van der Waals surface area contributed by atoms with Gasteiger partial charge in [0.25, 0.3) is 0 Å². The predicted octanol–water partition coefficient (Wildman–Crippen LogP) is 4.91. The van der Waals surface area contributed by atoms with E-state index in [0.29, 0.717) is 22.1 Å². The highest BCUT2D eigenvalue weighted by atomic mass is 35.5. The summed E-state index contributed by atoms with van der Waals surface area (Å²) in [4.78, 5) is 12.3. The van der Waals surface area contributed by atoms with Crippen molar-refractivity contribution in [1.82, 2.24) is 5.32 Å². The number of hydrogen-bond acceptors (Lipinski definition) is 3. The molecule has 1 N–H and O–H groups in total. The summed E-state index contributed by atoms with van der Waals surface area (Å²) in [6.45, 7) is 0. The second kappa shape index (κ2) is 8.78. The zero-order valence-corrected chi connectivity index (χ0v) is 16.1. The van der Waals surface area contributed by atoms with Crippen LogP contribution in [-0.2, 0) is 17.0 Å². The van der Waals surface area contributed by atoms with Crippen molar-refractivity contribution in [2.45, 2.75) is 31.1 Å². The van der Waals surface area contributed by atoms with Crippen molar-refractivity contribution in [3.8, 4) is 5.75 Å². The molecule has 0 radical (unpaired) electrons. The summed E-state index contributed by atoms with van der Waals surface area (Å²) < 4.78 is 19.0. The summed E-state index contributed by atoms with van der Waals surface area (Å²) >= 11 is 7.15. The van der Waals surface area contributed by atoms with E-state index < -0.39 is 0 Å². The molecular formula is C20H21ClFNO2S. The fourth-order valence-corrected chi connectivity index (χ4v) is 4.18. The smallest absolute Gasteiger partial charge is 0.230 e. The van der Waals surface area contributed by atoms with E-state index in [1.165, 1.54) is 29.0 Å². The van der Waals surface area contributed by atoms with Gasteiger partial charge in [0, 0.05) is 10.8 Å². The number of methoxy groups -OCH3 is 1. The molecule has 1 aliphatic rings. The molecule has 1 atom stereocenters. The highest BCUT2D eigenvalue weighted by Gasteiger charge is 2.22. The quantitative estimate of drug-likeness (QED) is 0.757. The SMILES string of the molecule is COc1ccc2c(c1)CCC[C@H]2NC(=O)CSCc1ccc(Cl)cc1F. The number of rotatable bonds is 6. The molecule has 3 rings (SSSR count). The van der Waals surface area contributed by atoms with Crippen LogP contribution in [0.4, 0.5) is 4.39 Å². The molecule has 6 heteroatoms. The molecule has 0 fully saturated rings. The molecule has 0 aromatic heterocycles. The number of fused-ring (bicyclic) bond motifs is 1. The van der Waals surface area contributed by atoms with Gasteiger partial charge >= 0.3 is 0 Å². The van der Waals surface area contributed by atoms with Crippen molar-refractivity contribution in [1.29, 1.82) is 0 Å². The van der Waals surface area contributed by atoms with Crippen molar-refractivity contribution < 1.29 is 13.9 Å². The number of carbonyl (C=O) groups is 1. The van der Waals surface area contributed by atoms with E-state index in [1.807, 2.05) is 18.2 Å². The third kappa shape index (κ3) is 4.71. The second-order valence-electron chi connectivity index (χ2n) is 6.31. The van der Waals surface area contributed by atoms with E-state index in [1.54, 1.807) is 19.2 Å². The van der Waals surface area contributed by atoms with Gasteiger partial charge in [-0.25, -0.2) is 4.39 Å². The number of amides is 1. The largest absolute Gasteiger partial charge is 0.497 e. The summed E-state index contributed by atoms with van der Waals surface area (Å²) in [5, 5.41) is 3.48. The molecule has 2 aromatic carbocycles. The summed E-state index contributed by atoms with van der Waals surface area (Å²) in [7, 11) is 1.66. The number of hydrogen-bond donors (Lipinski definition) is 1. The Morgan fingerprint density at radius 1 is 1.35 bits per heavy atom. The zero-order chi connectivity index (χ0) is 18.5. The van der Waals surface area contributed by atoms with Gasteiger partial charge in [-0.1, -0.05) is 23.7 Å².